The Kier molecular flexibility index (Phi) is 15.7. The third-order valence-corrected chi connectivity index (χ3v) is 4.14. The zero-order chi connectivity index (χ0) is 16.4. The first kappa shape index (κ1) is 25.7. The summed E-state index contributed by atoms with van der Waals surface area (Å²) in [4.78, 5) is 12.1. The second-order valence-corrected chi connectivity index (χ2v) is 6.06. The van der Waals surface area contributed by atoms with Gasteiger partial charge in [0.05, 0.1) is 0 Å². The molecular formula is C17H29BCl2NO3-. The third kappa shape index (κ3) is 10.3. The first-order valence-electron chi connectivity index (χ1n) is 8.30. The number of benzene rings is 1. The molecule has 0 aromatic heterocycles. The zero-order valence-electron chi connectivity index (χ0n) is 14.3. The Morgan fingerprint density at radius 3 is 2.29 bits per heavy atom. The van der Waals surface area contributed by atoms with Crippen molar-refractivity contribution in [1.82, 2.24) is 0 Å². The van der Waals surface area contributed by atoms with Gasteiger partial charge in [0, 0.05) is 12.8 Å². The number of carbonyl (C=O) groups excluding carboxylic acids is 1. The predicted octanol–water partition coefficient (Wildman–Crippen LogP) is -4.38. The zero-order valence-corrected chi connectivity index (χ0v) is 15.8. The van der Waals surface area contributed by atoms with Gasteiger partial charge in [0.25, 0.3) is 0 Å². The summed E-state index contributed by atoms with van der Waals surface area (Å²) in [5, 5.41) is 19.1. The van der Waals surface area contributed by atoms with Crippen LogP contribution in [0.25, 0.3) is 0 Å². The molecule has 0 unspecified atom stereocenters. The Morgan fingerprint density at radius 1 is 1.12 bits per heavy atom. The molecule has 0 heterocycles. The van der Waals surface area contributed by atoms with Gasteiger partial charge in [-0.3, -0.25) is 4.79 Å². The molecular weight excluding hydrogens is 348 g/mol. The summed E-state index contributed by atoms with van der Waals surface area (Å²) in [6, 6.07) is 9.56. The fourth-order valence-electron chi connectivity index (χ4n) is 2.61. The number of hydrogen-bond donors (Lipinski definition) is 3. The largest absolute Gasteiger partial charge is 1.00 e. The first-order valence-corrected chi connectivity index (χ1v) is 8.30. The molecule has 1 rings (SSSR count). The Balaban J connectivity index is 0. The van der Waals surface area contributed by atoms with E-state index in [1.54, 1.807) is 0 Å². The summed E-state index contributed by atoms with van der Waals surface area (Å²) < 4.78 is 0. The van der Waals surface area contributed by atoms with Crippen molar-refractivity contribution >= 4 is 12.9 Å². The maximum Gasteiger partial charge on any atom is 0.455 e. The summed E-state index contributed by atoms with van der Waals surface area (Å²) >= 11 is 0. The second-order valence-electron chi connectivity index (χ2n) is 6.06. The van der Waals surface area contributed by atoms with Crippen LogP contribution in [-0.4, -0.2) is 29.0 Å². The monoisotopic (exact) mass is 376 g/mol. The molecule has 24 heavy (non-hydrogen) atoms. The molecule has 0 aliphatic rings. The quantitative estimate of drug-likeness (QED) is 0.269. The number of Topliss-reactive ketones (excluding diaryl/α,β-unsaturated/α-hetero) is 1. The van der Waals surface area contributed by atoms with Crippen molar-refractivity contribution in [3.8, 4) is 0 Å². The van der Waals surface area contributed by atoms with Crippen molar-refractivity contribution in [1.29, 1.82) is 0 Å². The molecule has 0 saturated heterocycles. The number of ketones is 1. The van der Waals surface area contributed by atoms with Crippen LogP contribution < -0.4 is 30.5 Å². The van der Waals surface area contributed by atoms with E-state index in [0.29, 0.717) is 19.3 Å². The van der Waals surface area contributed by atoms with E-state index in [0.717, 1.165) is 31.2 Å². The molecule has 5 N–H and O–H groups in total. The van der Waals surface area contributed by atoms with E-state index >= 15 is 0 Å². The molecule has 0 aliphatic heterocycles. The van der Waals surface area contributed by atoms with Gasteiger partial charge in [0.15, 0.2) is 5.78 Å². The summed E-state index contributed by atoms with van der Waals surface area (Å²) in [6.45, 7) is 2.14. The molecule has 0 aliphatic carbocycles. The molecule has 7 heteroatoms. The SMILES string of the molecule is CCCCC[C@@H]([NH3+])C(=O)CC[C@@H](Cc1ccccc1)B(O)O.[Cl-].[Cl-]. The van der Waals surface area contributed by atoms with E-state index in [9.17, 15) is 14.8 Å². The number of halogens is 2. The van der Waals surface area contributed by atoms with Crippen LogP contribution in [0.1, 0.15) is 51.0 Å². The Labute approximate surface area is 158 Å². The average molecular weight is 377 g/mol. The standard InChI is InChI=1S/C17H28BNO3.2ClH/c1-2-3-5-10-16(19)17(20)12-11-15(18(21)22)13-14-8-6-4-7-9-14;;/h4,6-9,15-16,21-22H,2-3,5,10-13,19H2,1H3;2*1H/p-1/t15-,16+;;/m0../s1. The van der Waals surface area contributed by atoms with E-state index in [1.165, 1.54) is 0 Å². The van der Waals surface area contributed by atoms with Crippen LogP contribution in [0.15, 0.2) is 30.3 Å². The van der Waals surface area contributed by atoms with E-state index < -0.39 is 7.12 Å². The molecule has 2 atom stereocenters. The van der Waals surface area contributed by atoms with Gasteiger partial charge >= 0.3 is 7.12 Å². The van der Waals surface area contributed by atoms with Crippen LogP contribution in [0.3, 0.4) is 0 Å². The third-order valence-electron chi connectivity index (χ3n) is 4.14. The van der Waals surface area contributed by atoms with Gasteiger partial charge < -0.3 is 40.6 Å². The molecule has 0 radical (unpaired) electrons. The van der Waals surface area contributed by atoms with Crippen molar-refractivity contribution in [3.63, 3.8) is 0 Å². The minimum absolute atomic E-state index is 0. The van der Waals surface area contributed by atoms with Crippen molar-refractivity contribution in [2.45, 2.75) is 63.7 Å². The summed E-state index contributed by atoms with van der Waals surface area (Å²) in [6.07, 6.45) is 5.57. The first-order chi connectivity index (χ1) is 10.5. The Morgan fingerprint density at radius 2 is 1.75 bits per heavy atom. The normalized spacial score (nSPS) is 12.5. The molecule has 4 nitrogen and oxygen atoms in total. The average Bonchev–Trinajstić information content (AvgIpc) is 2.51. The number of rotatable bonds is 11. The summed E-state index contributed by atoms with van der Waals surface area (Å²) in [5.74, 6) is -0.177. The van der Waals surface area contributed by atoms with Gasteiger partial charge in [-0.15, -0.1) is 0 Å². The molecule has 0 fully saturated rings. The fraction of sp³-hybridized carbons (Fsp3) is 0.588. The van der Waals surface area contributed by atoms with E-state index in [4.69, 9.17) is 0 Å². The lowest BCUT2D eigenvalue weighted by atomic mass is 9.67. The van der Waals surface area contributed by atoms with Crippen molar-refractivity contribution < 1.29 is 45.4 Å². The molecule has 1 aromatic rings. The maximum atomic E-state index is 12.1. The molecule has 0 saturated carbocycles. The smallest absolute Gasteiger partial charge is 0.455 e. The van der Waals surface area contributed by atoms with Gasteiger partial charge in [-0.05, 0) is 30.6 Å². The maximum absolute atomic E-state index is 12.1. The van der Waals surface area contributed by atoms with Crippen LogP contribution in [0.5, 0.6) is 0 Å². The topological polar surface area (TPSA) is 85.2 Å². The number of carbonyl (C=O) groups is 1. The summed E-state index contributed by atoms with van der Waals surface area (Å²) in [7, 11) is -1.39. The number of quaternary nitrogens is 1. The fourth-order valence-corrected chi connectivity index (χ4v) is 2.61. The highest BCUT2D eigenvalue weighted by Gasteiger charge is 2.26. The van der Waals surface area contributed by atoms with Crippen molar-refractivity contribution in [3.05, 3.63) is 35.9 Å². The predicted molar refractivity (Wildman–Crippen MR) is 89.1 cm³/mol. The van der Waals surface area contributed by atoms with Gasteiger partial charge in [0.2, 0.25) is 0 Å². The van der Waals surface area contributed by atoms with Gasteiger partial charge in [-0.2, -0.15) is 0 Å². The van der Waals surface area contributed by atoms with Crippen molar-refractivity contribution in [2.75, 3.05) is 0 Å². The molecule has 0 spiro atoms. The molecule has 1 aromatic carbocycles. The summed E-state index contributed by atoms with van der Waals surface area (Å²) in [5.41, 5.74) is 5.00. The highest BCUT2D eigenvalue weighted by atomic mass is 35.5. The van der Waals surface area contributed by atoms with Crippen LogP contribution in [-0.2, 0) is 11.2 Å². The lowest BCUT2D eigenvalue weighted by molar-refractivity contribution is -0.404. The van der Waals surface area contributed by atoms with E-state index in [2.05, 4.69) is 12.7 Å². The highest BCUT2D eigenvalue weighted by molar-refractivity contribution is 6.43. The number of hydrogen-bond acceptors (Lipinski definition) is 3. The van der Waals surface area contributed by atoms with E-state index in [-0.39, 0.29) is 42.5 Å². The van der Waals surface area contributed by atoms with E-state index in [1.807, 2.05) is 30.3 Å². The Hall–Kier alpha value is -0.585. The van der Waals surface area contributed by atoms with Crippen LogP contribution in [0.4, 0.5) is 0 Å². The minimum atomic E-state index is -1.39. The van der Waals surface area contributed by atoms with Crippen LogP contribution in [0.2, 0.25) is 5.82 Å². The molecule has 0 amide bonds. The second kappa shape index (κ2) is 14.7. The minimum Gasteiger partial charge on any atom is -1.00 e. The highest BCUT2D eigenvalue weighted by Crippen LogP contribution is 2.22. The number of unbranched alkanes of at least 4 members (excludes halogenated alkanes) is 2. The molecule has 0 bridgehead atoms. The lowest BCUT2D eigenvalue weighted by Crippen LogP contribution is -3.00. The van der Waals surface area contributed by atoms with Crippen LogP contribution in [0, 0.1) is 0 Å². The lowest BCUT2D eigenvalue weighted by Gasteiger charge is -2.16. The van der Waals surface area contributed by atoms with Gasteiger partial charge in [-0.1, -0.05) is 50.1 Å². The van der Waals surface area contributed by atoms with Gasteiger partial charge in [-0.25, -0.2) is 0 Å². The Bertz CT molecular complexity index is 435. The van der Waals surface area contributed by atoms with Gasteiger partial charge in [0.1, 0.15) is 6.04 Å². The van der Waals surface area contributed by atoms with Crippen molar-refractivity contribution in [2.24, 2.45) is 0 Å². The molecule has 138 valence electrons. The van der Waals surface area contributed by atoms with Crippen LogP contribution >= 0.6 is 0 Å².